The van der Waals surface area contributed by atoms with E-state index >= 15 is 0 Å². The number of hydrogen-bond donors (Lipinski definition) is 1. The van der Waals surface area contributed by atoms with Crippen LogP contribution in [0.25, 0.3) is 0 Å². The van der Waals surface area contributed by atoms with Gasteiger partial charge in [-0.3, -0.25) is 4.68 Å². The van der Waals surface area contributed by atoms with Gasteiger partial charge in [0.05, 0.1) is 11.4 Å². The van der Waals surface area contributed by atoms with E-state index in [9.17, 15) is 8.42 Å². The predicted octanol–water partition coefficient (Wildman–Crippen LogP) is 2.14. The molecule has 0 saturated heterocycles. The van der Waals surface area contributed by atoms with Crippen LogP contribution in [0.15, 0.2) is 4.90 Å². The third-order valence-electron chi connectivity index (χ3n) is 5.49. The highest BCUT2D eigenvalue weighted by Gasteiger charge is 2.43. The van der Waals surface area contributed by atoms with E-state index in [-0.39, 0.29) is 6.04 Å². The molecule has 0 aromatic carbocycles. The Balaban J connectivity index is 1.80. The molecule has 118 valence electrons. The molecule has 0 radical (unpaired) electrons. The number of rotatable bonds is 4. The number of hydrogen-bond acceptors (Lipinski definition) is 3. The van der Waals surface area contributed by atoms with Gasteiger partial charge in [-0.25, -0.2) is 13.1 Å². The topological polar surface area (TPSA) is 64.0 Å². The molecule has 0 unspecified atom stereocenters. The van der Waals surface area contributed by atoms with Gasteiger partial charge < -0.3 is 0 Å². The van der Waals surface area contributed by atoms with E-state index in [4.69, 9.17) is 0 Å². The van der Waals surface area contributed by atoms with Crippen LogP contribution in [-0.4, -0.2) is 24.2 Å². The molecule has 1 aromatic rings. The third kappa shape index (κ3) is 2.52. The zero-order valence-corrected chi connectivity index (χ0v) is 14.1. The summed E-state index contributed by atoms with van der Waals surface area (Å²) < 4.78 is 29.9. The molecule has 2 aliphatic carbocycles. The zero-order chi connectivity index (χ0) is 15.4. The minimum absolute atomic E-state index is 0.00399. The Kier molecular flexibility index (Phi) is 3.64. The average molecular weight is 311 g/mol. The van der Waals surface area contributed by atoms with Crippen molar-refractivity contribution in [1.29, 1.82) is 0 Å². The molecule has 1 heterocycles. The summed E-state index contributed by atoms with van der Waals surface area (Å²) in [5.74, 6) is 2.04. The predicted molar refractivity (Wildman–Crippen MR) is 81.4 cm³/mol. The van der Waals surface area contributed by atoms with E-state index in [1.807, 2.05) is 6.92 Å². The molecule has 21 heavy (non-hydrogen) atoms. The van der Waals surface area contributed by atoms with Crippen molar-refractivity contribution >= 4 is 10.0 Å². The zero-order valence-electron chi connectivity index (χ0n) is 13.3. The van der Waals surface area contributed by atoms with Crippen LogP contribution in [0.5, 0.6) is 0 Å². The van der Waals surface area contributed by atoms with Gasteiger partial charge >= 0.3 is 0 Å². The summed E-state index contributed by atoms with van der Waals surface area (Å²) in [5.41, 5.74) is 1.27. The largest absolute Gasteiger partial charge is 0.271 e. The molecule has 5 nitrogen and oxygen atoms in total. The SMILES string of the molecule is Cc1nn(C)c(C)c1S(=O)(=O)N[C@H](C)[C@H]1C[C@@H]2CC[C@@H]1C2. The molecule has 2 saturated carbocycles. The van der Waals surface area contributed by atoms with Crippen LogP contribution in [0.2, 0.25) is 0 Å². The van der Waals surface area contributed by atoms with Crippen LogP contribution in [0.3, 0.4) is 0 Å². The lowest BCUT2D eigenvalue weighted by Crippen LogP contribution is -2.40. The lowest BCUT2D eigenvalue weighted by Gasteiger charge is -2.28. The maximum atomic E-state index is 12.7. The first-order valence-corrected chi connectivity index (χ1v) is 9.30. The summed E-state index contributed by atoms with van der Waals surface area (Å²) in [6, 6.07) is 0.00399. The van der Waals surface area contributed by atoms with Crippen molar-refractivity contribution in [2.24, 2.45) is 24.8 Å². The number of aromatic nitrogens is 2. The Labute approximate surface area is 127 Å². The van der Waals surface area contributed by atoms with Gasteiger partial charge in [0.15, 0.2) is 0 Å². The summed E-state index contributed by atoms with van der Waals surface area (Å²) >= 11 is 0. The second-order valence-corrected chi connectivity index (χ2v) is 8.52. The number of aryl methyl sites for hydroxylation is 2. The molecule has 4 atom stereocenters. The van der Waals surface area contributed by atoms with Crippen molar-refractivity contribution in [3.05, 3.63) is 11.4 Å². The molecule has 0 spiro atoms. The highest BCUT2D eigenvalue weighted by Crippen LogP contribution is 2.49. The molecular formula is C15H25N3O2S. The molecule has 1 N–H and O–H groups in total. The van der Waals surface area contributed by atoms with Gasteiger partial charge in [-0.05, 0) is 57.8 Å². The van der Waals surface area contributed by atoms with E-state index in [0.29, 0.717) is 28.1 Å². The van der Waals surface area contributed by atoms with Crippen LogP contribution in [0, 0.1) is 31.6 Å². The lowest BCUT2D eigenvalue weighted by molar-refractivity contribution is 0.280. The first kappa shape index (κ1) is 15.0. The smallest absolute Gasteiger partial charge is 0.244 e. The second kappa shape index (κ2) is 5.09. The van der Waals surface area contributed by atoms with Crippen LogP contribution in [0.1, 0.15) is 44.0 Å². The molecule has 2 fully saturated rings. The van der Waals surface area contributed by atoms with E-state index < -0.39 is 10.0 Å². The van der Waals surface area contributed by atoms with Crippen molar-refractivity contribution in [3.63, 3.8) is 0 Å². The van der Waals surface area contributed by atoms with Crippen molar-refractivity contribution < 1.29 is 8.42 Å². The molecule has 1 aromatic heterocycles. The van der Waals surface area contributed by atoms with Crippen LogP contribution in [-0.2, 0) is 17.1 Å². The molecule has 0 amide bonds. The maximum Gasteiger partial charge on any atom is 0.244 e. The van der Waals surface area contributed by atoms with Crippen molar-refractivity contribution in [2.75, 3.05) is 0 Å². The highest BCUT2D eigenvalue weighted by molar-refractivity contribution is 7.89. The van der Waals surface area contributed by atoms with Gasteiger partial charge in [-0.1, -0.05) is 6.42 Å². The molecular weight excluding hydrogens is 286 g/mol. The number of fused-ring (bicyclic) bond motifs is 2. The Morgan fingerprint density at radius 3 is 2.48 bits per heavy atom. The minimum atomic E-state index is -3.49. The summed E-state index contributed by atoms with van der Waals surface area (Å²) in [7, 11) is -1.71. The third-order valence-corrected chi connectivity index (χ3v) is 7.30. The van der Waals surface area contributed by atoms with E-state index in [2.05, 4.69) is 9.82 Å². The van der Waals surface area contributed by atoms with E-state index in [1.165, 1.54) is 25.7 Å². The minimum Gasteiger partial charge on any atom is -0.271 e. The Morgan fingerprint density at radius 1 is 1.29 bits per heavy atom. The van der Waals surface area contributed by atoms with Gasteiger partial charge in [-0.2, -0.15) is 5.10 Å². The van der Waals surface area contributed by atoms with Gasteiger partial charge in [0.1, 0.15) is 4.90 Å². The standard InChI is InChI=1S/C15H25N3O2S/c1-9(14-8-12-5-6-13(14)7-12)17-21(19,20)15-10(2)16-18(4)11(15)3/h9,12-14,17H,5-8H2,1-4H3/t9-,12-,13-,14-/m1/s1. The second-order valence-electron chi connectivity index (χ2n) is 6.87. The fourth-order valence-corrected chi connectivity index (χ4v) is 6.17. The summed E-state index contributed by atoms with van der Waals surface area (Å²) in [4.78, 5) is 0.347. The normalized spacial score (nSPS) is 30.0. The molecule has 6 heteroatoms. The summed E-state index contributed by atoms with van der Waals surface area (Å²) in [6.45, 7) is 5.57. The van der Waals surface area contributed by atoms with Gasteiger partial charge in [-0.15, -0.1) is 0 Å². The van der Waals surface area contributed by atoms with Gasteiger partial charge in [0, 0.05) is 13.1 Å². The Morgan fingerprint density at radius 2 is 2.00 bits per heavy atom. The van der Waals surface area contributed by atoms with Crippen LogP contribution < -0.4 is 4.72 Å². The molecule has 3 rings (SSSR count). The lowest BCUT2D eigenvalue weighted by atomic mass is 9.84. The average Bonchev–Trinajstić information content (AvgIpc) is 3.04. The van der Waals surface area contributed by atoms with Crippen molar-refractivity contribution in [1.82, 2.24) is 14.5 Å². The number of sulfonamides is 1. The quantitative estimate of drug-likeness (QED) is 0.926. The monoisotopic (exact) mass is 311 g/mol. The van der Waals surface area contributed by atoms with E-state index in [1.54, 1.807) is 25.6 Å². The number of nitrogens with zero attached hydrogens (tertiary/aromatic N) is 2. The first-order valence-electron chi connectivity index (χ1n) is 7.82. The van der Waals surface area contributed by atoms with Crippen molar-refractivity contribution in [2.45, 2.75) is 57.4 Å². The fraction of sp³-hybridized carbons (Fsp3) is 0.800. The van der Waals surface area contributed by atoms with Gasteiger partial charge in [0.25, 0.3) is 0 Å². The summed E-state index contributed by atoms with van der Waals surface area (Å²) in [6.07, 6.45) is 5.08. The van der Waals surface area contributed by atoms with Gasteiger partial charge in [0.2, 0.25) is 10.0 Å². The first-order chi connectivity index (χ1) is 9.79. The highest BCUT2D eigenvalue weighted by atomic mass is 32.2. The number of nitrogens with one attached hydrogen (secondary N) is 1. The molecule has 2 bridgehead atoms. The molecule has 2 aliphatic rings. The Bertz CT molecular complexity index is 650. The summed E-state index contributed by atoms with van der Waals surface area (Å²) in [5, 5.41) is 4.22. The van der Waals surface area contributed by atoms with Crippen LogP contribution in [0.4, 0.5) is 0 Å². The van der Waals surface area contributed by atoms with E-state index in [0.717, 1.165) is 5.92 Å². The molecule has 0 aliphatic heterocycles. The fourth-order valence-electron chi connectivity index (χ4n) is 4.44. The Hall–Kier alpha value is -0.880. The maximum absolute atomic E-state index is 12.7. The van der Waals surface area contributed by atoms with Crippen LogP contribution >= 0.6 is 0 Å². The van der Waals surface area contributed by atoms with Crippen molar-refractivity contribution in [3.8, 4) is 0 Å².